The minimum atomic E-state index is -0.768. The van der Waals surface area contributed by atoms with E-state index in [9.17, 15) is 14.4 Å². The summed E-state index contributed by atoms with van der Waals surface area (Å²) in [7, 11) is 0. The van der Waals surface area contributed by atoms with Crippen molar-refractivity contribution in [2.24, 2.45) is 5.73 Å². The molecule has 0 radical (unpaired) electrons. The number of fused-ring (bicyclic) bond motifs is 1. The van der Waals surface area contributed by atoms with Crippen molar-refractivity contribution in [3.63, 3.8) is 0 Å². The molecule has 0 aliphatic rings. The van der Waals surface area contributed by atoms with E-state index in [0.717, 1.165) is 16.9 Å². The van der Waals surface area contributed by atoms with Crippen molar-refractivity contribution in [3.05, 3.63) is 57.0 Å². The number of amides is 2. The molecular weight excluding hydrogens is 352 g/mol. The van der Waals surface area contributed by atoms with Crippen molar-refractivity contribution in [3.8, 4) is 0 Å². The van der Waals surface area contributed by atoms with Gasteiger partial charge in [-0.05, 0) is 38.0 Å². The number of anilines is 1. The van der Waals surface area contributed by atoms with E-state index in [1.165, 1.54) is 10.9 Å². The van der Waals surface area contributed by atoms with E-state index >= 15 is 0 Å². The molecule has 8 heteroatoms. The van der Waals surface area contributed by atoms with Crippen LogP contribution in [-0.4, -0.2) is 21.4 Å². The molecule has 2 amide bonds. The molecule has 134 valence electrons. The van der Waals surface area contributed by atoms with Crippen LogP contribution in [0.2, 0.25) is 0 Å². The maximum Gasteiger partial charge on any atom is 0.263 e. The van der Waals surface area contributed by atoms with E-state index < -0.39 is 11.9 Å². The minimum absolute atomic E-state index is 0.305. The van der Waals surface area contributed by atoms with Gasteiger partial charge in [-0.3, -0.25) is 19.0 Å². The van der Waals surface area contributed by atoms with Gasteiger partial charge in [-0.15, -0.1) is 11.3 Å². The highest BCUT2D eigenvalue weighted by molar-refractivity contribution is 7.20. The molecule has 0 saturated carbocycles. The summed E-state index contributed by atoms with van der Waals surface area (Å²) in [6.45, 7) is 5.17. The monoisotopic (exact) mass is 370 g/mol. The van der Waals surface area contributed by atoms with Gasteiger partial charge in [0.15, 0.2) is 0 Å². The molecule has 0 aliphatic heterocycles. The van der Waals surface area contributed by atoms with Gasteiger partial charge in [-0.1, -0.05) is 18.2 Å². The molecule has 3 N–H and O–H groups in total. The quantitative estimate of drug-likeness (QED) is 0.735. The Morgan fingerprint density at radius 1 is 1.27 bits per heavy atom. The van der Waals surface area contributed by atoms with Gasteiger partial charge in [-0.2, -0.15) is 0 Å². The predicted octanol–water partition coefficient (Wildman–Crippen LogP) is 2.37. The first kappa shape index (κ1) is 17.8. The largest absolute Gasteiger partial charge is 0.365 e. The Kier molecular flexibility index (Phi) is 4.60. The summed E-state index contributed by atoms with van der Waals surface area (Å²) in [6.07, 6.45) is 1.33. The SMILES string of the molecule is Cc1ccccc1NC(=O)C(C)n1cnc2sc(C(N)=O)c(C)c2c1=O. The second kappa shape index (κ2) is 6.72. The van der Waals surface area contributed by atoms with Gasteiger partial charge >= 0.3 is 0 Å². The van der Waals surface area contributed by atoms with E-state index in [1.54, 1.807) is 19.9 Å². The fourth-order valence-corrected chi connectivity index (χ4v) is 3.72. The smallest absolute Gasteiger partial charge is 0.263 e. The molecule has 0 bridgehead atoms. The van der Waals surface area contributed by atoms with Crippen molar-refractivity contribution in [2.75, 3.05) is 5.32 Å². The maximum absolute atomic E-state index is 12.8. The van der Waals surface area contributed by atoms with Crippen LogP contribution in [0.4, 0.5) is 5.69 Å². The van der Waals surface area contributed by atoms with Crippen molar-refractivity contribution in [2.45, 2.75) is 26.8 Å². The Morgan fingerprint density at radius 2 is 1.96 bits per heavy atom. The molecule has 0 saturated heterocycles. The molecule has 2 heterocycles. The summed E-state index contributed by atoms with van der Waals surface area (Å²) < 4.78 is 1.26. The lowest BCUT2D eigenvalue weighted by Crippen LogP contribution is -2.32. The van der Waals surface area contributed by atoms with Crippen LogP contribution in [-0.2, 0) is 4.79 Å². The predicted molar refractivity (Wildman–Crippen MR) is 102 cm³/mol. The number of aryl methyl sites for hydroxylation is 2. The van der Waals surface area contributed by atoms with Crippen molar-refractivity contribution in [1.29, 1.82) is 0 Å². The highest BCUT2D eigenvalue weighted by Crippen LogP contribution is 2.26. The van der Waals surface area contributed by atoms with E-state index in [4.69, 9.17) is 5.73 Å². The lowest BCUT2D eigenvalue weighted by molar-refractivity contribution is -0.118. The molecule has 0 aliphatic carbocycles. The first-order chi connectivity index (χ1) is 12.3. The van der Waals surface area contributed by atoms with E-state index in [1.807, 2.05) is 25.1 Å². The van der Waals surface area contributed by atoms with E-state index in [-0.39, 0.29) is 11.5 Å². The molecule has 7 nitrogen and oxygen atoms in total. The zero-order valence-electron chi connectivity index (χ0n) is 14.6. The summed E-state index contributed by atoms with van der Waals surface area (Å²) >= 11 is 1.08. The molecule has 26 heavy (non-hydrogen) atoms. The van der Waals surface area contributed by atoms with E-state index in [2.05, 4.69) is 10.3 Å². The summed E-state index contributed by atoms with van der Waals surface area (Å²) in [5, 5.41) is 3.14. The Bertz CT molecular complexity index is 1080. The van der Waals surface area contributed by atoms with Crippen LogP contribution in [0.3, 0.4) is 0 Å². The first-order valence-corrected chi connectivity index (χ1v) is 8.79. The van der Waals surface area contributed by atoms with Gasteiger partial charge in [0.1, 0.15) is 10.9 Å². The maximum atomic E-state index is 12.8. The third-order valence-corrected chi connectivity index (χ3v) is 5.51. The number of rotatable bonds is 4. The molecule has 1 unspecified atom stereocenters. The number of primary amides is 1. The fourth-order valence-electron chi connectivity index (χ4n) is 2.72. The van der Waals surface area contributed by atoms with Gasteiger partial charge < -0.3 is 11.1 Å². The van der Waals surface area contributed by atoms with Crippen LogP contribution in [0.15, 0.2) is 35.4 Å². The normalized spacial score (nSPS) is 12.1. The standard InChI is InChI=1S/C18H18N4O3S/c1-9-6-4-5-7-12(9)21-16(24)11(3)22-8-20-17-13(18(22)25)10(2)14(26-17)15(19)23/h4-8,11H,1-3H3,(H2,19,23)(H,21,24). The lowest BCUT2D eigenvalue weighted by Gasteiger charge is -2.16. The minimum Gasteiger partial charge on any atom is -0.365 e. The third-order valence-electron chi connectivity index (χ3n) is 4.30. The van der Waals surface area contributed by atoms with E-state index in [0.29, 0.717) is 26.3 Å². The van der Waals surface area contributed by atoms with Crippen LogP contribution in [0.5, 0.6) is 0 Å². The van der Waals surface area contributed by atoms with Crippen LogP contribution < -0.4 is 16.6 Å². The fraction of sp³-hybridized carbons (Fsp3) is 0.222. The van der Waals surface area contributed by atoms with Gasteiger partial charge in [0.25, 0.3) is 11.5 Å². The number of aromatic nitrogens is 2. The number of nitrogens with zero attached hydrogens (tertiary/aromatic N) is 2. The number of thiophene rings is 1. The summed E-state index contributed by atoms with van der Waals surface area (Å²) in [5.74, 6) is -0.924. The second-order valence-corrected chi connectivity index (χ2v) is 7.04. The zero-order valence-corrected chi connectivity index (χ0v) is 15.4. The van der Waals surface area contributed by atoms with Crippen LogP contribution in [0.25, 0.3) is 10.2 Å². The summed E-state index contributed by atoms with van der Waals surface area (Å²) in [6, 6.07) is 6.63. The van der Waals surface area contributed by atoms with Crippen molar-refractivity contribution in [1.82, 2.24) is 9.55 Å². The van der Waals surface area contributed by atoms with Crippen LogP contribution in [0, 0.1) is 13.8 Å². The van der Waals surface area contributed by atoms with Gasteiger partial charge in [0.2, 0.25) is 5.91 Å². The topological polar surface area (TPSA) is 107 Å². The van der Waals surface area contributed by atoms with Crippen LogP contribution >= 0.6 is 11.3 Å². The zero-order chi connectivity index (χ0) is 19.0. The number of hydrogen-bond donors (Lipinski definition) is 2. The first-order valence-electron chi connectivity index (χ1n) is 7.97. The molecule has 1 aromatic carbocycles. The summed E-state index contributed by atoms with van der Waals surface area (Å²) in [5.41, 5.74) is 7.08. The highest BCUT2D eigenvalue weighted by Gasteiger charge is 2.22. The number of benzene rings is 1. The third kappa shape index (κ3) is 2.99. The average Bonchev–Trinajstić information content (AvgIpc) is 2.94. The Morgan fingerprint density at radius 3 is 2.62 bits per heavy atom. The number of carbonyl (C=O) groups excluding carboxylic acids is 2. The molecule has 0 spiro atoms. The molecule has 3 aromatic rings. The lowest BCUT2D eigenvalue weighted by atomic mass is 10.2. The van der Waals surface area contributed by atoms with Crippen molar-refractivity contribution >= 4 is 39.1 Å². The van der Waals surface area contributed by atoms with Gasteiger partial charge in [-0.25, -0.2) is 4.98 Å². The molecule has 3 rings (SSSR count). The Balaban J connectivity index is 1.99. The molecule has 1 atom stereocenters. The Hall–Kier alpha value is -3.00. The Labute approximate surface area is 153 Å². The number of nitrogens with two attached hydrogens (primary N) is 1. The number of hydrogen-bond acceptors (Lipinski definition) is 5. The molecule has 2 aromatic heterocycles. The number of nitrogens with one attached hydrogen (secondary N) is 1. The summed E-state index contributed by atoms with van der Waals surface area (Å²) in [4.78, 5) is 41.9. The van der Waals surface area contributed by atoms with Crippen molar-refractivity contribution < 1.29 is 9.59 Å². The van der Waals surface area contributed by atoms with Crippen LogP contribution in [0.1, 0.15) is 33.8 Å². The van der Waals surface area contributed by atoms with Gasteiger partial charge in [0.05, 0.1) is 16.6 Å². The highest BCUT2D eigenvalue weighted by atomic mass is 32.1. The second-order valence-electron chi connectivity index (χ2n) is 6.04. The molecule has 0 fully saturated rings. The molecular formula is C18H18N4O3S. The van der Waals surface area contributed by atoms with Gasteiger partial charge in [0, 0.05) is 5.69 Å². The average molecular weight is 370 g/mol. The number of para-hydroxylation sites is 1. The number of carbonyl (C=O) groups is 2.